The number of nitrogens with one attached hydrogen (secondary N) is 2. The SMILES string of the molecule is NC/C=C/CNS(=O)(=O)c1cc[nH]c1. The fraction of sp³-hybridized carbons (Fsp3) is 0.250. The van der Waals surface area contributed by atoms with Crippen LogP contribution in [0.1, 0.15) is 0 Å². The van der Waals surface area contributed by atoms with Crippen molar-refractivity contribution in [2.75, 3.05) is 13.1 Å². The largest absolute Gasteiger partial charge is 0.366 e. The number of nitrogens with two attached hydrogens (primary N) is 1. The average Bonchev–Trinajstić information content (AvgIpc) is 2.65. The quantitative estimate of drug-likeness (QED) is 0.595. The first-order chi connectivity index (χ1) is 6.67. The van der Waals surface area contributed by atoms with E-state index in [1.807, 2.05) is 0 Å². The van der Waals surface area contributed by atoms with E-state index in [4.69, 9.17) is 5.73 Å². The van der Waals surface area contributed by atoms with Crippen molar-refractivity contribution in [1.82, 2.24) is 9.71 Å². The normalized spacial score (nSPS) is 12.4. The summed E-state index contributed by atoms with van der Waals surface area (Å²) >= 11 is 0. The van der Waals surface area contributed by atoms with Crippen LogP contribution in [0.4, 0.5) is 0 Å². The first-order valence-corrected chi connectivity index (χ1v) is 5.62. The predicted molar refractivity (Wildman–Crippen MR) is 54.2 cm³/mol. The highest BCUT2D eigenvalue weighted by Crippen LogP contribution is 2.05. The van der Waals surface area contributed by atoms with Gasteiger partial charge in [-0.05, 0) is 6.07 Å². The molecule has 1 aromatic rings. The summed E-state index contributed by atoms with van der Waals surface area (Å²) < 4.78 is 25.3. The maximum atomic E-state index is 11.5. The van der Waals surface area contributed by atoms with Crippen LogP contribution in [-0.2, 0) is 10.0 Å². The Balaban J connectivity index is 2.56. The molecule has 0 aliphatic carbocycles. The maximum Gasteiger partial charge on any atom is 0.242 e. The summed E-state index contributed by atoms with van der Waals surface area (Å²) in [6, 6.07) is 1.50. The van der Waals surface area contributed by atoms with Gasteiger partial charge in [0.25, 0.3) is 0 Å². The summed E-state index contributed by atoms with van der Waals surface area (Å²) in [5.74, 6) is 0. The Labute approximate surface area is 83.1 Å². The smallest absolute Gasteiger partial charge is 0.242 e. The van der Waals surface area contributed by atoms with Crippen LogP contribution in [0.15, 0.2) is 35.5 Å². The average molecular weight is 215 g/mol. The Morgan fingerprint density at radius 3 is 2.86 bits per heavy atom. The highest BCUT2D eigenvalue weighted by atomic mass is 32.2. The van der Waals surface area contributed by atoms with E-state index in [1.54, 1.807) is 18.3 Å². The van der Waals surface area contributed by atoms with E-state index >= 15 is 0 Å². The lowest BCUT2D eigenvalue weighted by atomic mass is 10.5. The zero-order valence-electron chi connectivity index (χ0n) is 7.60. The molecule has 0 spiro atoms. The molecule has 78 valence electrons. The third kappa shape index (κ3) is 2.99. The van der Waals surface area contributed by atoms with Crippen molar-refractivity contribution < 1.29 is 8.42 Å². The number of hydrogen-bond donors (Lipinski definition) is 3. The molecule has 0 aromatic carbocycles. The van der Waals surface area contributed by atoms with Crippen LogP contribution in [0.2, 0.25) is 0 Å². The van der Waals surface area contributed by atoms with Gasteiger partial charge in [-0.2, -0.15) is 0 Å². The molecule has 5 nitrogen and oxygen atoms in total. The van der Waals surface area contributed by atoms with Crippen molar-refractivity contribution in [3.05, 3.63) is 30.6 Å². The van der Waals surface area contributed by atoms with Gasteiger partial charge in [0.05, 0.1) is 4.90 Å². The zero-order chi connectivity index (χ0) is 10.4. The fourth-order valence-electron chi connectivity index (χ4n) is 0.896. The summed E-state index contributed by atoms with van der Waals surface area (Å²) in [4.78, 5) is 2.92. The summed E-state index contributed by atoms with van der Waals surface area (Å²) in [6.45, 7) is 0.663. The van der Waals surface area contributed by atoms with Gasteiger partial charge in [0.1, 0.15) is 0 Å². The molecule has 1 heterocycles. The van der Waals surface area contributed by atoms with Gasteiger partial charge < -0.3 is 10.7 Å². The molecule has 6 heteroatoms. The van der Waals surface area contributed by atoms with Crippen LogP contribution in [0.25, 0.3) is 0 Å². The standard InChI is InChI=1S/C8H13N3O2S/c9-4-1-2-5-11-14(12,13)8-3-6-10-7-8/h1-3,6-7,10-11H,4-5,9H2/b2-1+. The lowest BCUT2D eigenvalue weighted by Crippen LogP contribution is -2.23. The summed E-state index contributed by atoms with van der Waals surface area (Å²) in [6.07, 6.45) is 6.35. The number of aromatic nitrogens is 1. The molecule has 0 unspecified atom stereocenters. The molecule has 4 N–H and O–H groups in total. The molecule has 0 saturated heterocycles. The van der Waals surface area contributed by atoms with Crippen molar-refractivity contribution >= 4 is 10.0 Å². The van der Waals surface area contributed by atoms with E-state index in [-0.39, 0.29) is 11.4 Å². The van der Waals surface area contributed by atoms with Crippen LogP contribution in [0.3, 0.4) is 0 Å². The second-order valence-corrected chi connectivity index (χ2v) is 4.37. The molecule has 0 saturated carbocycles. The highest BCUT2D eigenvalue weighted by molar-refractivity contribution is 7.89. The number of H-pyrrole nitrogens is 1. The van der Waals surface area contributed by atoms with Crippen molar-refractivity contribution in [3.63, 3.8) is 0 Å². The molecule has 0 bridgehead atoms. The highest BCUT2D eigenvalue weighted by Gasteiger charge is 2.11. The maximum absolute atomic E-state index is 11.5. The topological polar surface area (TPSA) is 88.0 Å². The van der Waals surface area contributed by atoms with Crippen LogP contribution >= 0.6 is 0 Å². The Morgan fingerprint density at radius 2 is 2.29 bits per heavy atom. The van der Waals surface area contributed by atoms with Crippen molar-refractivity contribution in [3.8, 4) is 0 Å². The fourth-order valence-corrected chi connectivity index (χ4v) is 1.85. The van der Waals surface area contributed by atoms with Crippen molar-refractivity contribution in [2.45, 2.75) is 4.90 Å². The zero-order valence-corrected chi connectivity index (χ0v) is 8.42. The number of rotatable bonds is 5. The summed E-state index contributed by atoms with van der Waals surface area (Å²) in [5.41, 5.74) is 5.20. The van der Waals surface area contributed by atoms with E-state index < -0.39 is 10.0 Å². The Kier molecular flexibility index (Phi) is 3.87. The van der Waals surface area contributed by atoms with Gasteiger partial charge in [-0.15, -0.1) is 0 Å². The first kappa shape index (κ1) is 11.0. The van der Waals surface area contributed by atoms with E-state index in [9.17, 15) is 8.42 Å². The minimum absolute atomic E-state index is 0.235. The van der Waals surface area contributed by atoms with Crippen LogP contribution in [0, 0.1) is 0 Å². The molecule has 14 heavy (non-hydrogen) atoms. The monoisotopic (exact) mass is 215 g/mol. The molecule has 0 amide bonds. The number of aromatic amines is 1. The van der Waals surface area contributed by atoms with Crippen LogP contribution in [0.5, 0.6) is 0 Å². The third-order valence-corrected chi connectivity index (χ3v) is 2.99. The van der Waals surface area contributed by atoms with E-state index in [1.165, 1.54) is 12.3 Å². The second kappa shape index (κ2) is 4.94. The first-order valence-electron chi connectivity index (χ1n) is 4.14. The van der Waals surface area contributed by atoms with Gasteiger partial charge in [-0.25, -0.2) is 13.1 Å². The van der Waals surface area contributed by atoms with E-state index in [2.05, 4.69) is 9.71 Å². The second-order valence-electron chi connectivity index (χ2n) is 2.61. The molecule has 0 atom stereocenters. The van der Waals surface area contributed by atoms with Gasteiger partial charge in [-0.3, -0.25) is 0 Å². The minimum Gasteiger partial charge on any atom is -0.366 e. The Bertz CT molecular complexity index is 381. The minimum atomic E-state index is -3.37. The molecule has 0 aliphatic rings. The van der Waals surface area contributed by atoms with Gasteiger partial charge in [0.2, 0.25) is 10.0 Å². The van der Waals surface area contributed by atoms with Crippen molar-refractivity contribution in [1.29, 1.82) is 0 Å². The van der Waals surface area contributed by atoms with Crippen molar-refractivity contribution in [2.24, 2.45) is 5.73 Å². The Hall–Kier alpha value is -1.11. The van der Waals surface area contributed by atoms with Crippen LogP contribution in [-0.4, -0.2) is 26.5 Å². The molecule has 0 aliphatic heterocycles. The predicted octanol–water partition coefficient (Wildman–Crippen LogP) is -0.192. The van der Waals surface area contributed by atoms with Gasteiger partial charge in [0.15, 0.2) is 0 Å². The molecule has 1 aromatic heterocycles. The Morgan fingerprint density at radius 1 is 1.50 bits per heavy atom. The molecule has 1 rings (SSSR count). The van der Waals surface area contributed by atoms with Gasteiger partial charge >= 0.3 is 0 Å². The lowest BCUT2D eigenvalue weighted by molar-refractivity contribution is 0.586. The molecule has 0 radical (unpaired) electrons. The van der Waals surface area contributed by atoms with E-state index in [0.29, 0.717) is 6.54 Å². The number of hydrogen-bond acceptors (Lipinski definition) is 3. The van der Waals surface area contributed by atoms with E-state index in [0.717, 1.165) is 0 Å². The van der Waals surface area contributed by atoms with Gasteiger partial charge in [-0.1, -0.05) is 12.2 Å². The van der Waals surface area contributed by atoms with Crippen LogP contribution < -0.4 is 10.5 Å². The molecule has 0 fully saturated rings. The summed E-state index contributed by atoms with van der Waals surface area (Å²) in [7, 11) is -3.37. The molecular formula is C8H13N3O2S. The lowest BCUT2D eigenvalue weighted by Gasteiger charge is -2.00. The molecular weight excluding hydrogens is 202 g/mol. The summed E-state index contributed by atoms with van der Waals surface area (Å²) in [5, 5.41) is 0. The third-order valence-electron chi connectivity index (χ3n) is 1.57. The number of sulfonamides is 1. The van der Waals surface area contributed by atoms with Gasteiger partial charge in [0, 0.05) is 25.5 Å².